The summed E-state index contributed by atoms with van der Waals surface area (Å²) in [6, 6.07) is 0.389. The van der Waals surface area contributed by atoms with E-state index in [1.165, 1.54) is 0 Å². The highest BCUT2D eigenvalue weighted by atomic mass is 19.4. The van der Waals surface area contributed by atoms with Gasteiger partial charge in [-0.3, -0.25) is 4.79 Å². The molecule has 1 aliphatic heterocycles. The number of aromatic nitrogens is 2. The van der Waals surface area contributed by atoms with Crippen LogP contribution in [0, 0.1) is 5.92 Å². The number of amides is 1. The minimum absolute atomic E-state index is 0.00682. The average Bonchev–Trinajstić information content (AvgIpc) is 2.76. The van der Waals surface area contributed by atoms with Gasteiger partial charge in [0.15, 0.2) is 5.69 Å². The third kappa shape index (κ3) is 6.96. The van der Waals surface area contributed by atoms with Gasteiger partial charge < -0.3 is 15.4 Å². The summed E-state index contributed by atoms with van der Waals surface area (Å²) in [5.41, 5.74) is -6.88. The number of carbonyl (C=O) groups excluding carboxylic acids is 1. The lowest BCUT2D eigenvalue weighted by atomic mass is 10.0. The van der Waals surface area contributed by atoms with Crippen LogP contribution in [0.1, 0.15) is 40.0 Å². The third-order valence-electron chi connectivity index (χ3n) is 5.04. The monoisotopic (exact) mass is 516 g/mol. The van der Waals surface area contributed by atoms with E-state index in [1.807, 2.05) is 5.32 Å². The van der Waals surface area contributed by atoms with E-state index in [1.54, 1.807) is 0 Å². The second-order valence-corrected chi connectivity index (χ2v) is 7.64. The molecule has 1 aliphatic rings. The molecule has 0 radical (unpaired) electrons. The largest absolute Gasteiger partial charge is 0.434 e. The molecular formula is C20H17F9N4O2. The predicted octanol–water partition coefficient (Wildman–Crippen LogP) is 5.43. The van der Waals surface area contributed by atoms with Gasteiger partial charge in [-0.15, -0.1) is 0 Å². The maximum atomic E-state index is 13.6. The van der Waals surface area contributed by atoms with Crippen molar-refractivity contribution in [2.45, 2.75) is 31.4 Å². The number of nitrogens with one attached hydrogen (secondary N) is 2. The number of ether oxygens (including phenoxy) is 1. The Kier molecular flexibility index (Phi) is 7.48. The van der Waals surface area contributed by atoms with Crippen LogP contribution in [-0.4, -0.2) is 35.6 Å². The molecule has 1 saturated heterocycles. The SMILES string of the molecule is O=C(NCC1CCOCC1)c1cnc(Nc2cc(C(F)(F)F)cc(C(F)(F)F)c2)nc1C(F)(F)F. The number of rotatable bonds is 5. The zero-order valence-electron chi connectivity index (χ0n) is 17.5. The molecule has 0 atom stereocenters. The van der Waals surface area contributed by atoms with Crippen LogP contribution in [0.2, 0.25) is 0 Å². The van der Waals surface area contributed by atoms with Crippen molar-refractivity contribution in [3.63, 3.8) is 0 Å². The van der Waals surface area contributed by atoms with Gasteiger partial charge in [-0.1, -0.05) is 0 Å². The van der Waals surface area contributed by atoms with E-state index in [2.05, 4.69) is 15.3 Å². The summed E-state index contributed by atoms with van der Waals surface area (Å²) in [7, 11) is 0. The lowest BCUT2D eigenvalue weighted by molar-refractivity contribution is -0.143. The molecule has 2 heterocycles. The number of nitrogens with zero attached hydrogens (tertiary/aromatic N) is 2. The molecule has 15 heteroatoms. The van der Waals surface area contributed by atoms with Crippen LogP contribution in [-0.2, 0) is 23.3 Å². The van der Waals surface area contributed by atoms with Crippen molar-refractivity contribution in [2.75, 3.05) is 25.1 Å². The van der Waals surface area contributed by atoms with Crippen LogP contribution in [0.25, 0.3) is 0 Å². The number of alkyl halides is 9. The molecule has 35 heavy (non-hydrogen) atoms. The summed E-state index contributed by atoms with van der Waals surface area (Å²) < 4.78 is 124. The van der Waals surface area contributed by atoms with Crippen LogP contribution in [0.3, 0.4) is 0 Å². The Labute approximate surface area is 191 Å². The predicted molar refractivity (Wildman–Crippen MR) is 103 cm³/mol. The van der Waals surface area contributed by atoms with Crippen LogP contribution in [0.5, 0.6) is 0 Å². The van der Waals surface area contributed by atoms with Gasteiger partial charge in [-0.25, -0.2) is 9.97 Å². The number of anilines is 2. The Hall–Kier alpha value is -3.10. The van der Waals surface area contributed by atoms with Gasteiger partial charge in [0.2, 0.25) is 5.95 Å². The van der Waals surface area contributed by atoms with Crippen molar-refractivity contribution >= 4 is 17.5 Å². The lowest BCUT2D eigenvalue weighted by Gasteiger charge is -2.22. The number of benzene rings is 1. The fraction of sp³-hybridized carbons (Fsp3) is 0.450. The topological polar surface area (TPSA) is 76.1 Å². The highest BCUT2D eigenvalue weighted by Crippen LogP contribution is 2.38. The Bertz CT molecular complexity index is 1030. The smallest absolute Gasteiger partial charge is 0.381 e. The fourth-order valence-electron chi connectivity index (χ4n) is 3.26. The van der Waals surface area contributed by atoms with Gasteiger partial charge in [-0.05, 0) is 37.0 Å². The Morgan fingerprint density at radius 3 is 2.00 bits per heavy atom. The zero-order chi connectivity index (χ0) is 26.0. The zero-order valence-corrected chi connectivity index (χ0v) is 17.5. The summed E-state index contributed by atoms with van der Waals surface area (Å²) in [5, 5.41) is 4.28. The molecule has 2 N–H and O–H groups in total. The Balaban J connectivity index is 1.89. The first kappa shape index (κ1) is 26.5. The van der Waals surface area contributed by atoms with Gasteiger partial charge in [0.1, 0.15) is 0 Å². The molecule has 0 spiro atoms. The molecule has 0 bridgehead atoms. The van der Waals surface area contributed by atoms with Crippen molar-refractivity contribution in [1.29, 1.82) is 0 Å². The highest BCUT2D eigenvalue weighted by molar-refractivity contribution is 5.95. The molecule has 0 aliphatic carbocycles. The minimum Gasteiger partial charge on any atom is -0.381 e. The van der Waals surface area contributed by atoms with Crippen molar-refractivity contribution in [3.8, 4) is 0 Å². The molecule has 2 aromatic rings. The van der Waals surface area contributed by atoms with Gasteiger partial charge in [0, 0.05) is 31.6 Å². The Morgan fingerprint density at radius 2 is 1.49 bits per heavy atom. The van der Waals surface area contributed by atoms with E-state index in [0.29, 0.717) is 32.3 Å². The van der Waals surface area contributed by atoms with Crippen molar-refractivity contribution < 1.29 is 49.0 Å². The number of halogens is 9. The van der Waals surface area contributed by atoms with E-state index in [4.69, 9.17) is 4.74 Å². The summed E-state index contributed by atoms with van der Waals surface area (Å²) in [6.07, 6.45) is -13.8. The first-order valence-corrected chi connectivity index (χ1v) is 10.0. The van der Waals surface area contributed by atoms with Crippen LogP contribution in [0.15, 0.2) is 24.4 Å². The fourth-order valence-corrected chi connectivity index (χ4v) is 3.26. The highest BCUT2D eigenvalue weighted by Gasteiger charge is 2.39. The van der Waals surface area contributed by atoms with E-state index in [0.717, 1.165) is 0 Å². The van der Waals surface area contributed by atoms with Crippen LogP contribution >= 0.6 is 0 Å². The molecule has 1 aromatic carbocycles. The second kappa shape index (κ2) is 9.87. The van der Waals surface area contributed by atoms with E-state index in [-0.39, 0.29) is 30.7 Å². The van der Waals surface area contributed by atoms with Crippen molar-refractivity contribution in [3.05, 3.63) is 46.8 Å². The summed E-state index contributed by atoms with van der Waals surface area (Å²) in [5.74, 6) is -2.09. The van der Waals surface area contributed by atoms with Crippen LogP contribution in [0.4, 0.5) is 51.1 Å². The van der Waals surface area contributed by atoms with Crippen LogP contribution < -0.4 is 10.6 Å². The summed E-state index contributed by atoms with van der Waals surface area (Å²) in [6.45, 7) is 0.969. The van der Waals surface area contributed by atoms with E-state index in [9.17, 15) is 44.3 Å². The maximum absolute atomic E-state index is 13.6. The molecule has 0 unspecified atom stereocenters. The molecule has 3 rings (SSSR count). The number of carbonyl (C=O) groups is 1. The van der Waals surface area contributed by atoms with Gasteiger partial charge in [0.05, 0.1) is 16.7 Å². The lowest BCUT2D eigenvalue weighted by Crippen LogP contribution is -2.33. The molecular weight excluding hydrogens is 499 g/mol. The van der Waals surface area contributed by atoms with Crippen molar-refractivity contribution in [1.82, 2.24) is 15.3 Å². The first-order chi connectivity index (χ1) is 16.1. The quantitative estimate of drug-likeness (QED) is 0.519. The first-order valence-electron chi connectivity index (χ1n) is 10.0. The van der Waals surface area contributed by atoms with E-state index < -0.39 is 58.5 Å². The molecule has 0 saturated carbocycles. The van der Waals surface area contributed by atoms with Gasteiger partial charge >= 0.3 is 18.5 Å². The summed E-state index contributed by atoms with van der Waals surface area (Å²) >= 11 is 0. The molecule has 6 nitrogen and oxygen atoms in total. The molecule has 192 valence electrons. The number of hydrogen-bond acceptors (Lipinski definition) is 5. The second-order valence-electron chi connectivity index (χ2n) is 7.64. The Morgan fingerprint density at radius 1 is 0.914 bits per heavy atom. The third-order valence-corrected chi connectivity index (χ3v) is 5.04. The van der Waals surface area contributed by atoms with Crippen molar-refractivity contribution in [2.24, 2.45) is 5.92 Å². The molecule has 1 aromatic heterocycles. The normalized spacial score (nSPS) is 15.7. The molecule has 1 amide bonds. The number of hydrogen-bond donors (Lipinski definition) is 2. The van der Waals surface area contributed by atoms with Gasteiger partial charge in [0.25, 0.3) is 5.91 Å². The standard InChI is InChI=1S/C20H17F9N4O2/c21-18(22,23)11-5-12(19(24,25)26)7-13(6-11)32-17-31-9-14(15(33-17)20(27,28)29)16(34)30-8-10-1-3-35-4-2-10/h5-7,9-10H,1-4,8H2,(H,30,34)(H,31,32,33). The minimum atomic E-state index is -5.17. The average molecular weight is 516 g/mol. The molecule has 1 fully saturated rings. The van der Waals surface area contributed by atoms with Gasteiger partial charge in [-0.2, -0.15) is 39.5 Å². The maximum Gasteiger partial charge on any atom is 0.434 e. The van der Waals surface area contributed by atoms with E-state index >= 15 is 0 Å². The summed E-state index contributed by atoms with van der Waals surface area (Å²) in [4.78, 5) is 19.0.